The molecule has 0 unspecified atom stereocenters. The van der Waals surface area contributed by atoms with Crippen molar-refractivity contribution in [3.8, 4) is 0 Å². The number of aliphatic hydroxyl groups is 1. The highest BCUT2D eigenvalue weighted by Crippen LogP contribution is 2.26. The predicted molar refractivity (Wildman–Crippen MR) is 75.9 cm³/mol. The number of aliphatic hydroxyl groups excluding tert-OH is 1. The largest absolute Gasteiger partial charge is 0.395 e. The Morgan fingerprint density at radius 1 is 1.48 bits per heavy atom. The van der Waals surface area contributed by atoms with Crippen LogP contribution in [0.1, 0.15) is 42.2 Å². The van der Waals surface area contributed by atoms with Crippen molar-refractivity contribution in [3.05, 3.63) is 23.8 Å². The highest BCUT2D eigenvalue weighted by atomic mass is 16.3. The first kappa shape index (κ1) is 13.9. The minimum Gasteiger partial charge on any atom is -0.395 e. The zero-order valence-electron chi connectivity index (χ0n) is 12.1. The van der Waals surface area contributed by atoms with Crippen molar-refractivity contribution in [3.63, 3.8) is 0 Å². The van der Waals surface area contributed by atoms with Crippen LogP contribution in [0.2, 0.25) is 0 Å². The van der Waals surface area contributed by atoms with Gasteiger partial charge in [-0.1, -0.05) is 6.92 Å². The van der Waals surface area contributed by atoms with Gasteiger partial charge in [0.1, 0.15) is 6.33 Å². The van der Waals surface area contributed by atoms with Crippen molar-refractivity contribution in [2.75, 3.05) is 13.2 Å². The molecule has 1 saturated carbocycles. The number of aryl methyl sites for hydroxylation is 1. The van der Waals surface area contributed by atoms with E-state index in [1.54, 1.807) is 15.6 Å². The summed E-state index contributed by atoms with van der Waals surface area (Å²) in [7, 11) is 0. The summed E-state index contributed by atoms with van der Waals surface area (Å²) in [6.07, 6.45) is 6.84. The SMILES string of the molecule is CCc1c(C(=O)N(CCO)C2CCC2)cnc2ncnn12. The molecule has 1 N–H and O–H groups in total. The molecule has 2 heterocycles. The van der Waals surface area contributed by atoms with E-state index < -0.39 is 0 Å². The number of hydrogen-bond acceptors (Lipinski definition) is 5. The van der Waals surface area contributed by atoms with E-state index in [1.165, 1.54) is 6.33 Å². The van der Waals surface area contributed by atoms with Crippen molar-refractivity contribution in [2.24, 2.45) is 0 Å². The monoisotopic (exact) mass is 289 g/mol. The molecule has 1 aliphatic rings. The Hall–Kier alpha value is -2.02. The maximum absolute atomic E-state index is 12.8. The van der Waals surface area contributed by atoms with Gasteiger partial charge in [0.15, 0.2) is 0 Å². The number of rotatable bonds is 5. The topological polar surface area (TPSA) is 83.6 Å². The fraction of sp³-hybridized carbons (Fsp3) is 0.571. The van der Waals surface area contributed by atoms with Gasteiger partial charge in [0, 0.05) is 18.8 Å². The van der Waals surface area contributed by atoms with Gasteiger partial charge in [0.05, 0.1) is 17.9 Å². The molecule has 0 saturated heterocycles. The summed E-state index contributed by atoms with van der Waals surface area (Å²) in [5.41, 5.74) is 1.36. The second kappa shape index (κ2) is 5.77. The first-order valence-electron chi connectivity index (χ1n) is 7.35. The minimum atomic E-state index is -0.0736. The van der Waals surface area contributed by atoms with Crippen LogP contribution in [0.25, 0.3) is 5.78 Å². The molecule has 3 rings (SSSR count). The summed E-state index contributed by atoms with van der Waals surface area (Å²) in [6.45, 7) is 2.32. The second-order valence-electron chi connectivity index (χ2n) is 5.25. The van der Waals surface area contributed by atoms with Crippen LogP contribution in [0.15, 0.2) is 12.5 Å². The maximum atomic E-state index is 12.8. The van der Waals surface area contributed by atoms with E-state index in [9.17, 15) is 9.90 Å². The Kier molecular flexibility index (Phi) is 3.83. The zero-order valence-corrected chi connectivity index (χ0v) is 12.1. The maximum Gasteiger partial charge on any atom is 0.257 e. The van der Waals surface area contributed by atoms with Crippen LogP contribution in [0, 0.1) is 0 Å². The van der Waals surface area contributed by atoms with Gasteiger partial charge in [-0.25, -0.2) is 9.50 Å². The van der Waals surface area contributed by atoms with E-state index >= 15 is 0 Å². The van der Waals surface area contributed by atoms with Gasteiger partial charge < -0.3 is 10.0 Å². The van der Waals surface area contributed by atoms with E-state index in [0.29, 0.717) is 24.3 Å². The molecule has 0 radical (unpaired) electrons. The van der Waals surface area contributed by atoms with Crippen LogP contribution in [0.5, 0.6) is 0 Å². The molecule has 0 aliphatic heterocycles. The summed E-state index contributed by atoms with van der Waals surface area (Å²) < 4.78 is 1.62. The number of carbonyl (C=O) groups is 1. The summed E-state index contributed by atoms with van der Waals surface area (Å²) in [5, 5.41) is 13.4. The molecule has 1 amide bonds. The molecule has 7 nitrogen and oxygen atoms in total. The van der Waals surface area contributed by atoms with E-state index in [2.05, 4.69) is 15.1 Å². The van der Waals surface area contributed by atoms with Crippen LogP contribution in [0.3, 0.4) is 0 Å². The number of fused-ring (bicyclic) bond motifs is 1. The molecule has 2 aromatic heterocycles. The number of aromatic nitrogens is 4. The van der Waals surface area contributed by atoms with Crippen molar-refractivity contribution in [1.82, 2.24) is 24.5 Å². The quantitative estimate of drug-likeness (QED) is 0.875. The Bertz CT molecular complexity index is 650. The lowest BCUT2D eigenvalue weighted by atomic mass is 9.91. The molecule has 1 aliphatic carbocycles. The van der Waals surface area contributed by atoms with Gasteiger partial charge in [-0.2, -0.15) is 10.1 Å². The van der Waals surface area contributed by atoms with E-state index in [0.717, 1.165) is 25.0 Å². The van der Waals surface area contributed by atoms with E-state index in [-0.39, 0.29) is 18.6 Å². The molecular formula is C14H19N5O2. The smallest absolute Gasteiger partial charge is 0.257 e. The Labute approximate surface area is 122 Å². The van der Waals surface area contributed by atoms with Gasteiger partial charge in [-0.3, -0.25) is 4.79 Å². The number of amides is 1. The van der Waals surface area contributed by atoms with Crippen LogP contribution in [-0.2, 0) is 6.42 Å². The summed E-state index contributed by atoms with van der Waals surface area (Å²) in [5.74, 6) is 0.427. The third-order valence-electron chi connectivity index (χ3n) is 4.09. The van der Waals surface area contributed by atoms with Crippen LogP contribution >= 0.6 is 0 Å². The second-order valence-corrected chi connectivity index (χ2v) is 5.25. The molecule has 0 aromatic carbocycles. The predicted octanol–water partition coefficient (Wildman–Crippen LogP) is 0.674. The lowest BCUT2D eigenvalue weighted by Gasteiger charge is -2.37. The van der Waals surface area contributed by atoms with Crippen molar-refractivity contribution >= 4 is 11.7 Å². The first-order chi connectivity index (χ1) is 10.3. The minimum absolute atomic E-state index is 0.0251. The standard InChI is InChI=1S/C14H19N5O2/c1-2-12-11(8-15-14-16-9-17-19(12)14)13(21)18(6-7-20)10-4-3-5-10/h8-10,20H,2-7H2,1H3. The van der Waals surface area contributed by atoms with Gasteiger partial charge in [0.2, 0.25) is 0 Å². The molecular weight excluding hydrogens is 270 g/mol. The third kappa shape index (κ3) is 2.37. The third-order valence-corrected chi connectivity index (χ3v) is 4.09. The number of hydrogen-bond donors (Lipinski definition) is 1. The molecule has 1 fully saturated rings. The molecule has 7 heteroatoms. The first-order valence-corrected chi connectivity index (χ1v) is 7.35. The number of nitrogens with zero attached hydrogens (tertiary/aromatic N) is 5. The highest BCUT2D eigenvalue weighted by Gasteiger charge is 2.30. The normalized spacial score (nSPS) is 15.1. The Morgan fingerprint density at radius 2 is 2.29 bits per heavy atom. The van der Waals surface area contributed by atoms with Gasteiger partial charge in [0.25, 0.3) is 11.7 Å². The lowest BCUT2D eigenvalue weighted by Crippen LogP contribution is -2.46. The molecule has 0 spiro atoms. The summed E-state index contributed by atoms with van der Waals surface area (Å²) in [4.78, 5) is 22.8. The molecule has 2 aromatic rings. The van der Waals surface area contributed by atoms with E-state index in [1.807, 2.05) is 6.92 Å². The van der Waals surface area contributed by atoms with Gasteiger partial charge >= 0.3 is 0 Å². The Balaban J connectivity index is 1.99. The average molecular weight is 289 g/mol. The summed E-state index contributed by atoms with van der Waals surface area (Å²) in [6, 6.07) is 0.237. The molecule has 21 heavy (non-hydrogen) atoms. The van der Waals surface area contributed by atoms with Crippen LogP contribution in [0.4, 0.5) is 0 Å². The van der Waals surface area contributed by atoms with E-state index in [4.69, 9.17) is 0 Å². The fourth-order valence-electron chi connectivity index (χ4n) is 2.75. The van der Waals surface area contributed by atoms with Gasteiger partial charge in [-0.15, -0.1) is 0 Å². The van der Waals surface area contributed by atoms with Gasteiger partial charge in [-0.05, 0) is 25.7 Å². The van der Waals surface area contributed by atoms with Crippen LogP contribution in [-0.4, -0.2) is 54.7 Å². The molecule has 0 atom stereocenters. The molecule has 0 bridgehead atoms. The zero-order chi connectivity index (χ0) is 14.8. The number of carbonyl (C=O) groups excluding carboxylic acids is 1. The summed E-state index contributed by atoms with van der Waals surface area (Å²) >= 11 is 0. The average Bonchev–Trinajstić information content (AvgIpc) is 2.91. The van der Waals surface area contributed by atoms with Crippen molar-refractivity contribution in [2.45, 2.75) is 38.6 Å². The Morgan fingerprint density at radius 3 is 2.90 bits per heavy atom. The van der Waals surface area contributed by atoms with Crippen LogP contribution < -0.4 is 0 Å². The lowest BCUT2D eigenvalue weighted by molar-refractivity contribution is 0.0523. The van der Waals surface area contributed by atoms with Crippen molar-refractivity contribution < 1.29 is 9.90 Å². The fourth-order valence-corrected chi connectivity index (χ4v) is 2.75. The molecule has 112 valence electrons. The highest BCUT2D eigenvalue weighted by molar-refractivity contribution is 5.95. The van der Waals surface area contributed by atoms with Crippen molar-refractivity contribution in [1.29, 1.82) is 0 Å².